The van der Waals surface area contributed by atoms with Gasteiger partial charge in [-0.15, -0.1) is 0 Å². The van der Waals surface area contributed by atoms with E-state index < -0.39 is 51.1 Å². The summed E-state index contributed by atoms with van der Waals surface area (Å²) < 4.78 is 32.7. The van der Waals surface area contributed by atoms with Crippen LogP contribution in [0.3, 0.4) is 0 Å². The number of esters is 2. The fraction of sp³-hybridized carbons (Fsp3) is 0.800. The highest BCUT2D eigenvalue weighted by atomic mass is 31.2. The zero-order chi connectivity index (χ0) is 42.1. The third-order valence-electron chi connectivity index (χ3n) is 9.65. The topological polar surface area (TPSA) is 172 Å². The van der Waals surface area contributed by atoms with Crippen LogP contribution in [0.4, 0.5) is 0 Å². The highest BCUT2D eigenvalue weighted by Gasteiger charge is 2.28. The van der Waals surface area contributed by atoms with E-state index in [1.165, 1.54) is 89.9 Å². The molecule has 0 aromatic rings. The van der Waals surface area contributed by atoms with Gasteiger partial charge < -0.3 is 25.2 Å². The van der Waals surface area contributed by atoms with Gasteiger partial charge in [0.05, 0.1) is 13.2 Å². The third kappa shape index (κ3) is 40.3. The zero-order valence-electron chi connectivity index (χ0n) is 35.9. The number of carboxylic acids is 1. The van der Waals surface area contributed by atoms with Gasteiger partial charge in [0.15, 0.2) is 6.10 Å². The van der Waals surface area contributed by atoms with Crippen LogP contribution in [-0.4, -0.2) is 59.9 Å². The molecule has 0 aromatic heterocycles. The lowest BCUT2D eigenvalue weighted by molar-refractivity contribution is -0.161. The van der Waals surface area contributed by atoms with Gasteiger partial charge in [0.1, 0.15) is 12.6 Å². The Kier molecular flexibility index (Phi) is 38.8. The molecule has 12 heteroatoms. The minimum Gasteiger partial charge on any atom is -0.480 e. The lowest BCUT2D eigenvalue weighted by atomic mass is 10.0. The second-order valence-electron chi connectivity index (χ2n) is 15.2. The average Bonchev–Trinajstić information content (AvgIpc) is 3.19. The molecule has 11 nitrogen and oxygen atoms in total. The first-order chi connectivity index (χ1) is 27.6. The molecule has 0 bridgehead atoms. The molecule has 0 radical (unpaired) electrons. The molecule has 0 fully saturated rings. The van der Waals surface area contributed by atoms with Crippen molar-refractivity contribution >= 4 is 25.7 Å². The summed E-state index contributed by atoms with van der Waals surface area (Å²) in [4.78, 5) is 46.0. The van der Waals surface area contributed by atoms with E-state index in [0.29, 0.717) is 12.8 Å². The summed E-state index contributed by atoms with van der Waals surface area (Å²) in [6.45, 7) is 2.69. The normalized spacial score (nSPS) is 14.0. The maximum atomic E-state index is 12.6. The minimum absolute atomic E-state index is 0.160. The summed E-state index contributed by atoms with van der Waals surface area (Å²) in [5.74, 6) is -2.39. The average molecular weight is 828 g/mol. The number of hydrogen-bond acceptors (Lipinski definition) is 9. The molecule has 0 amide bonds. The van der Waals surface area contributed by atoms with E-state index in [1.807, 2.05) is 0 Å². The van der Waals surface area contributed by atoms with Crippen LogP contribution in [0.1, 0.15) is 200 Å². The first kappa shape index (κ1) is 54.7. The van der Waals surface area contributed by atoms with Gasteiger partial charge in [0.2, 0.25) is 0 Å². The molecule has 0 heterocycles. The number of rotatable bonds is 42. The molecule has 3 atom stereocenters. The Balaban J connectivity index is 4.33. The molecular formula is C45H82NO10P. The Morgan fingerprint density at radius 2 is 0.982 bits per heavy atom. The van der Waals surface area contributed by atoms with Crippen molar-refractivity contribution in [2.24, 2.45) is 5.73 Å². The Bertz CT molecular complexity index is 1110. The molecule has 332 valence electrons. The van der Waals surface area contributed by atoms with E-state index in [0.717, 1.165) is 70.6 Å². The first-order valence-corrected chi connectivity index (χ1v) is 24.0. The fourth-order valence-electron chi connectivity index (χ4n) is 6.14. The van der Waals surface area contributed by atoms with Gasteiger partial charge in [-0.25, -0.2) is 4.57 Å². The number of hydrogen-bond donors (Lipinski definition) is 3. The first-order valence-electron chi connectivity index (χ1n) is 22.5. The molecule has 0 aliphatic carbocycles. The number of carbonyl (C=O) groups excluding carboxylic acids is 2. The molecule has 0 saturated carbocycles. The van der Waals surface area contributed by atoms with Gasteiger partial charge in [-0.05, 0) is 44.9 Å². The number of carbonyl (C=O) groups is 3. The van der Waals surface area contributed by atoms with E-state index in [9.17, 15) is 23.8 Å². The summed E-state index contributed by atoms with van der Waals surface area (Å²) in [5.41, 5.74) is 5.34. The van der Waals surface area contributed by atoms with Crippen molar-refractivity contribution in [3.05, 3.63) is 36.5 Å². The lowest BCUT2D eigenvalue weighted by Gasteiger charge is -2.20. The Morgan fingerprint density at radius 3 is 1.47 bits per heavy atom. The standard InChI is InChI=1S/C45H82NO10P/c1-3-5-7-9-11-13-15-17-19-20-21-23-25-27-29-31-33-35-37-44(48)56-41(39-54-57(51,52)55-40-42(46)45(49)50)38-53-43(47)36-34-32-30-28-26-24-22-18-16-14-12-10-8-6-4-2/h6,8,12,14,18,22,41-42H,3-5,7,9-11,13,15-17,19-21,23-40,46H2,1-2H3,(H,49,50)(H,51,52)/b8-6+,14-12+,22-18+/t41-,42+/m1/s1. The zero-order valence-corrected chi connectivity index (χ0v) is 36.8. The number of phosphoric acid groups is 1. The van der Waals surface area contributed by atoms with Crippen LogP contribution in [0.25, 0.3) is 0 Å². The molecular weight excluding hydrogens is 745 g/mol. The van der Waals surface area contributed by atoms with Crippen LogP contribution in [-0.2, 0) is 37.5 Å². The Hall–Kier alpha value is -2.30. The molecule has 0 aliphatic heterocycles. The van der Waals surface area contributed by atoms with Crippen molar-refractivity contribution in [1.82, 2.24) is 0 Å². The van der Waals surface area contributed by atoms with Crippen molar-refractivity contribution < 1.29 is 47.5 Å². The van der Waals surface area contributed by atoms with E-state index in [2.05, 4.69) is 54.8 Å². The summed E-state index contributed by atoms with van der Waals surface area (Å²) in [7, 11) is -4.72. The maximum Gasteiger partial charge on any atom is 0.472 e. The Labute approximate surface area is 346 Å². The van der Waals surface area contributed by atoms with Gasteiger partial charge in [0.25, 0.3) is 0 Å². The van der Waals surface area contributed by atoms with E-state index >= 15 is 0 Å². The largest absolute Gasteiger partial charge is 0.480 e. The smallest absolute Gasteiger partial charge is 0.472 e. The molecule has 0 aliphatic rings. The monoisotopic (exact) mass is 828 g/mol. The highest BCUT2D eigenvalue weighted by molar-refractivity contribution is 7.47. The summed E-state index contributed by atoms with van der Waals surface area (Å²) >= 11 is 0. The van der Waals surface area contributed by atoms with Crippen LogP contribution >= 0.6 is 7.82 Å². The van der Waals surface area contributed by atoms with Gasteiger partial charge in [-0.2, -0.15) is 0 Å². The SMILES string of the molecule is CC/C=C/C/C=C/C/C=C/CCCCCCCC(=O)OC[C@H](COP(=O)(O)OC[C@H](N)C(=O)O)OC(=O)CCCCCCCCCCCCCCCCCCCC. The van der Waals surface area contributed by atoms with Crippen LogP contribution in [0.5, 0.6) is 0 Å². The molecule has 1 unspecified atom stereocenters. The predicted octanol–water partition coefficient (Wildman–Crippen LogP) is 12.0. The third-order valence-corrected chi connectivity index (χ3v) is 10.6. The van der Waals surface area contributed by atoms with Crippen molar-refractivity contribution in [3.63, 3.8) is 0 Å². The number of nitrogens with two attached hydrogens (primary N) is 1. The lowest BCUT2D eigenvalue weighted by Crippen LogP contribution is -2.34. The number of allylic oxidation sites excluding steroid dienone is 6. The molecule has 0 aromatic carbocycles. The second-order valence-corrected chi connectivity index (χ2v) is 16.6. The van der Waals surface area contributed by atoms with E-state index in [1.54, 1.807) is 0 Å². The van der Waals surface area contributed by atoms with Gasteiger partial charge >= 0.3 is 25.7 Å². The van der Waals surface area contributed by atoms with Gasteiger partial charge in [0, 0.05) is 12.8 Å². The molecule has 4 N–H and O–H groups in total. The van der Waals surface area contributed by atoms with Crippen LogP contribution in [0.2, 0.25) is 0 Å². The Morgan fingerprint density at radius 1 is 0.561 bits per heavy atom. The number of phosphoric ester groups is 1. The van der Waals surface area contributed by atoms with Crippen molar-refractivity contribution in [1.29, 1.82) is 0 Å². The van der Waals surface area contributed by atoms with Crippen LogP contribution in [0, 0.1) is 0 Å². The number of ether oxygens (including phenoxy) is 2. The number of carboxylic acid groups (broad SMARTS) is 1. The highest BCUT2D eigenvalue weighted by Crippen LogP contribution is 2.43. The summed E-state index contributed by atoms with van der Waals surface area (Å²) in [5, 5.41) is 8.89. The molecule has 0 spiro atoms. The predicted molar refractivity (Wildman–Crippen MR) is 231 cm³/mol. The van der Waals surface area contributed by atoms with E-state index in [4.69, 9.17) is 24.8 Å². The van der Waals surface area contributed by atoms with Crippen molar-refractivity contribution in [2.75, 3.05) is 19.8 Å². The fourth-order valence-corrected chi connectivity index (χ4v) is 6.92. The minimum atomic E-state index is -4.72. The van der Waals surface area contributed by atoms with Gasteiger partial charge in [-0.1, -0.05) is 179 Å². The van der Waals surface area contributed by atoms with Gasteiger partial charge in [-0.3, -0.25) is 23.4 Å². The number of aliphatic carboxylic acids is 1. The van der Waals surface area contributed by atoms with E-state index in [-0.39, 0.29) is 19.4 Å². The number of unbranched alkanes of at least 4 members (excludes halogenated alkanes) is 22. The maximum absolute atomic E-state index is 12.6. The van der Waals surface area contributed by atoms with Crippen LogP contribution < -0.4 is 5.73 Å². The molecule has 57 heavy (non-hydrogen) atoms. The summed E-state index contributed by atoms with van der Waals surface area (Å²) in [6, 6.07) is -1.52. The second kappa shape index (κ2) is 40.5. The van der Waals surface area contributed by atoms with Crippen LogP contribution in [0.15, 0.2) is 36.5 Å². The molecule has 0 saturated heterocycles. The quantitative estimate of drug-likeness (QED) is 0.0231. The van der Waals surface area contributed by atoms with Crippen molar-refractivity contribution in [3.8, 4) is 0 Å². The van der Waals surface area contributed by atoms with Crippen molar-refractivity contribution in [2.45, 2.75) is 212 Å². The molecule has 0 rings (SSSR count). The summed E-state index contributed by atoms with van der Waals surface area (Å²) in [6.07, 6.45) is 43.5.